The molecule has 2 rings (SSSR count). The fraction of sp³-hybridized carbons (Fsp3) is 0.273. The van der Waals surface area contributed by atoms with E-state index < -0.39 is 24.5 Å². The highest BCUT2D eigenvalue weighted by Crippen LogP contribution is 2.36. The minimum absolute atomic E-state index is 0.281. The van der Waals surface area contributed by atoms with E-state index >= 15 is 0 Å². The second-order valence-corrected chi connectivity index (χ2v) is 3.82. The van der Waals surface area contributed by atoms with Crippen LogP contribution in [0.3, 0.4) is 0 Å². The molecular formula is C11H9F3N2O2. The van der Waals surface area contributed by atoms with Gasteiger partial charge in [-0.25, -0.2) is 4.98 Å². The summed E-state index contributed by atoms with van der Waals surface area (Å²) < 4.78 is 39.8. The van der Waals surface area contributed by atoms with Crippen LogP contribution >= 0.6 is 0 Å². The van der Waals surface area contributed by atoms with Gasteiger partial charge < -0.3 is 9.51 Å². The molecule has 2 heterocycles. The third-order valence-electron chi connectivity index (χ3n) is 2.51. The van der Waals surface area contributed by atoms with Crippen LogP contribution in [0.5, 0.6) is 0 Å². The lowest BCUT2D eigenvalue weighted by atomic mass is 10.0. The molecule has 1 atom stereocenters. The highest BCUT2D eigenvalue weighted by atomic mass is 19.4. The fourth-order valence-electron chi connectivity index (χ4n) is 1.68. The summed E-state index contributed by atoms with van der Waals surface area (Å²) in [7, 11) is 0. The first-order valence-electron chi connectivity index (χ1n) is 5.10. The summed E-state index contributed by atoms with van der Waals surface area (Å²) in [6.45, 7) is 0. The number of carboxylic acids is 1. The standard InChI is InChI=1S/C11H9F3N2O2/c12-11(13,14)7(5-10(17)18)8-6-16-4-2-1-3-9(16)15-8/h1-4,6-7H,5H2,(H,17,18). The molecule has 0 aliphatic heterocycles. The van der Waals surface area contributed by atoms with E-state index in [4.69, 9.17) is 5.11 Å². The van der Waals surface area contributed by atoms with E-state index in [1.54, 1.807) is 24.4 Å². The topological polar surface area (TPSA) is 54.6 Å². The lowest BCUT2D eigenvalue weighted by Gasteiger charge is -2.15. The number of carboxylic acid groups (broad SMARTS) is 1. The zero-order valence-electron chi connectivity index (χ0n) is 9.05. The van der Waals surface area contributed by atoms with Crippen molar-refractivity contribution in [3.05, 3.63) is 36.3 Å². The average molecular weight is 258 g/mol. The molecule has 0 aliphatic rings. The van der Waals surface area contributed by atoms with Crippen LogP contribution in [-0.4, -0.2) is 26.6 Å². The van der Waals surface area contributed by atoms with Gasteiger partial charge >= 0.3 is 12.1 Å². The molecule has 0 aromatic carbocycles. The molecule has 0 fully saturated rings. The van der Waals surface area contributed by atoms with Gasteiger partial charge in [-0.3, -0.25) is 4.79 Å². The molecule has 0 saturated carbocycles. The van der Waals surface area contributed by atoms with Crippen molar-refractivity contribution in [3.63, 3.8) is 0 Å². The molecule has 2 aromatic rings. The summed E-state index contributed by atoms with van der Waals surface area (Å²) in [4.78, 5) is 14.3. The Hall–Kier alpha value is -2.05. The van der Waals surface area contributed by atoms with Gasteiger partial charge in [0.15, 0.2) is 0 Å². The Bertz CT molecular complexity index is 544. The third kappa shape index (κ3) is 2.44. The molecule has 0 bridgehead atoms. The molecular weight excluding hydrogens is 249 g/mol. The zero-order chi connectivity index (χ0) is 13.3. The van der Waals surface area contributed by atoms with Gasteiger partial charge in [0.05, 0.1) is 12.1 Å². The number of imidazole rings is 1. The van der Waals surface area contributed by atoms with Gasteiger partial charge in [-0.1, -0.05) is 6.07 Å². The van der Waals surface area contributed by atoms with Gasteiger partial charge in [-0.15, -0.1) is 0 Å². The highest BCUT2D eigenvalue weighted by molar-refractivity contribution is 5.68. The molecule has 0 spiro atoms. The van der Waals surface area contributed by atoms with Crippen LogP contribution in [0.1, 0.15) is 18.0 Å². The number of nitrogens with zero attached hydrogens (tertiary/aromatic N) is 2. The lowest BCUT2D eigenvalue weighted by molar-refractivity contribution is -0.163. The normalized spacial score (nSPS) is 13.7. The van der Waals surface area contributed by atoms with Crippen LogP contribution < -0.4 is 0 Å². The Morgan fingerprint density at radius 2 is 2.17 bits per heavy atom. The first-order chi connectivity index (χ1) is 8.38. The number of fused-ring (bicyclic) bond motifs is 1. The van der Waals surface area contributed by atoms with Crippen LogP contribution in [0.25, 0.3) is 5.65 Å². The minimum Gasteiger partial charge on any atom is -0.481 e. The van der Waals surface area contributed by atoms with Gasteiger partial charge in [0.25, 0.3) is 0 Å². The smallest absolute Gasteiger partial charge is 0.397 e. The van der Waals surface area contributed by atoms with Gasteiger partial charge in [0.2, 0.25) is 0 Å². The highest BCUT2D eigenvalue weighted by Gasteiger charge is 2.43. The van der Waals surface area contributed by atoms with E-state index in [-0.39, 0.29) is 5.69 Å². The van der Waals surface area contributed by atoms with Gasteiger partial charge in [-0.05, 0) is 12.1 Å². The van der Waals surface area contributed by atoms with Crippen LogP contribution in [0.2, 0.25) is 0 Å². The Morgan fingerprint density at radius 1 is 1.44 bits per heavy atom. The Kier molecular flexibility index (Phi) is 2.98. The molecule has 2 aromatic heterocycles. The molecule has 4 nitrogen and oxygen atoms in total. The second-order valence-electron chi connectivity index (χ2n) is 3.82. The maximum absolute atomic E-state index is 12.8. The number of aromatic nitrogens is 2. The van der Waals surface area contributed by atoms with E-state index in [2.05, 4.69) is 4.98 Å². The Morgan fingerprint density at radius 3 is 2.72 bits per heavy atom. The third-order valence-corrected chi connectivity index (χ3v) is 2.51. The summed E-state index contributed by atoms with van der Waals surface area (Å²) in [5.41, 5.74) is 0.0724. The number of hydrogen-bond donors (Lipinski definition) is 1. The van der Waals surface area contributed by atoms with Gasteiger partial charge in [0.1, 0.15) is 11.6 Å². The van der Waals surface area contributed by atoms with E-state index in [1.807, 2.05) is 0 Å². The van der Waals surface area contributed by atoms with Crippen molar-refractivity contribution in [1.29, 1.82) is 0 Å². The number of carbonyl (C=O) groups is 1. The van der Waals surface area contributed by atoms with E-state index in [1.165, 1.54) is 10.6 Å². The number of pyridine rings is 1. The van der Waals surface area contributed by atoms with Crippen molar-refractivity contribution < 1.29 is 23.1 Å². The molecule has 0 radical (unpaired) electrons. The number of aliphatic carboxylic acids is 1. The lowest BCUT2D eigenvalue weighted by Crippen LogP contribution is -2.23. The van der Waals surface area contributed by atoms with Crippen molar-refractivity contribution in [2.75, 3.05) is 0 Å². The molecule has 0 saturated heterocycles. The van der Waals surface area contributed by atoms with Crippen LogP contribution in [0.15, 0.2) is 30.6 Å². The van der Waals surface area contributed by atoms with Crippen LogP contribution in [-0.2, 0) is 4.79 Å². The maximum atomic E-state index is 12.8. The Balaban J connectivity index is 2.44. The quantitative estimate of drug-likeness (QED) is 0.920. The number of rotatable bonds is 3. The number of hydrogen-bond acceptors (Lipinski definition) is 2. The molecule has 96 valence electrons. The summed E-state index contributed by atoms with van der Waals surface area (Å²) in [5.74, 6) is -3.59. The largest absolute Gasteiger partial charge is 0.481 e. The average Bonchev–Trinajstić information content (AvgIpc) is 2.67. The van der Waals surface area contributed by atoms with Crippen molar-refractivity contribution in [3.8, 4) is 0 Å². The maximum Gasteiger partial charge on any atom is 0.397 e. The zero-order valence-corrected chi connectivity index (χ0v) is 9.05. The first kappa shape index (κ1) is 12.4. The van der Waals surface area contributed by atoms with E-state index in [0.29, 0.717) is 5.65 Å². The Labute approximate surface area is 99.7 Å². The van der Waals surface area contributed by atoms with Crippen molar-refractivity contribution >= 4 is 11.6 Å². The number of halogens is 3. The van der Waals surface area contributed by atoms with Crippen LogP contribution in [0.4, 0.5) is 13.2 Å². The second kappa shape index (κ2) is 4.32. The summed E-state index contributed by atoms with van der Waals surface area (Å²) >= 11 is 0. The van der Waals surface area contributed by atoms with Crippen molar-refractivity contribution in [2.24, 2.45) is 0 Å². The van der Waals surface area contributed by atoms with E-state index in [0.717, 1.165) is 0 Å². The molecule has 18 heavy (non-hydrogen) atoms. The van der Waals surface area contributed by atoms with Gasteiger partial charge in [-0.2, -0.15) is 13.2 Å². The predicted octanol–water partition coefficient (Wildman–Crippen LogP) is 2.45. The van der Waals surface area contributed by atoms with E-state index in [9.17, 15) is 18.0 Å². The molecule has 7 heteroatoms. The number of alkyl halides is 3. The van der Waals surface area contributed by atoms with Crippen molar-refractivity contribution in [2.45, 2.75) is 18.5 Å². The first-order valence-corrected chi connectivity index (χ1v) is 5.10. The molecule has 0 amide bonds. The SMILES string of the molecule is O=C(O)CC(c1cn2ccccc2n1)C(F)(F)F. The fourth-order valence-corrected chi connectivity index (χ4v) is 1.68. The minimum atomic E-state index is -4.63. The molecule has 1 N–H and O–H groups in total. The summed E-state index contributed by atoms with van der Waals surface area (Å²) in [6.07, 6.45) is -2.89. The summed E-state index contributed by atoms with van der Waals surface area (Å²) in [5, 5.41) is 8.55. The predicted molar refractivity (Wildman–Crippen MR) is 56.2 cm³/mol. The van der Waals surface area contributed by atoms with Crippen LogP contribution in [0, 0.1) is 0 Å². The van der Waals surface area contributed by atoms with Gasteiger partial charge in [0, 0.05) is 12.4 Å². The van der Waals surface area contributed by atoms with Crippen molar-refractivity contribution in [1.82, 2.24) is 9.38 Å². The summed E-state index contributed by atoms with van der Waals surface area (Å²) in [6, 6.07) is 4.85. The molecule has 0 aliphatic carbocycles. The molecule has 1 unspecified atom stereocenters. The monoisotopic (exact) mass is 258 g/mol.